The Morgan fingerprint density at radius 2 is 1.94 bits per heavy atom. The Morgan fingerprint density at radius 3 is 2.71 bits per heavy atom. The van der Waals surface area contributed by atoms with Crippen molar-refractivity contribution in [3.05, 3.63) is 96.1 Å². The van der Waals surface area contributed by atoms with Gasteiger partial charge in [-0.2, -0.15) is 0 Å². The van der Waals surface area contributed by atoms with E-state index in [0.29, 0.717) is 26.6 Å². The van der Waals surface area contributed by atoms with Gasteiger partial charge in [0.05, 0.1) is 17.7 Å². The number of aromatic nitrogens is 1. The second kappa shape index (κ2) is 8.07. The van der Waals surface area contributed by atoms with E-state index in [1.165, 1.54) is 18.4 Å². The van der Waals surface area contributed by atoms with Gasteiger partial charge in [-0.15, -0.1) is 0 Å². The lowest BCUT2D eigenvalue weighted by molar-refractivity contribution is -0.158. The van der Waals surface area contributed by atoms with Crippen LogP contribution in [0.4, 0.5) is 0 Å². The van der Waals surface area contributed by atoms with Crippen LogP contribution >= 0.6 is 27.3 Å². The number of carbonyl (C=O) groups excluding carboxylic acids is 1. The Balaban J connectivity index is 1.51. The van der Waals surface area contributed by atoms with E-state index in [1.54, 1.807) is 17.6 Å². The molecule has 0 saturated carbocycles. The van der Waals surface area contributed by atoms with E-state index in [0.717, 1.165) is 15.6 Å². The maximum Gasteiger partial charge on any atom is 0.317 e. The van der Waals surface area contributed by atoms with E-state index >= 15 is 0 Å². The Bertz CT molecular complexity index is 1650. The van der Waals surface area contributed by atoms with Gasteiger partial charge in [0.15, 0.2) is 4.80 Å². The summed E-state index contributed by atoms with van der Waals surface area (Å²) in [4.78, 5) is 31.7. The first kappa shape index (κ1) is 22.1. The summed E-state index contributed by atoms with van der Waals surface area (Å²) in [6.07, 6.45) is 1.71. The number of benzene rings is 2. The van der Waals surface area contributed by atoms with Crippen molar-refractivity contribution in [2.24, 2.45) is 10.9 Å². The number of methoxy groups -OCH3 is 1. The molecule has 2 aliphatic rings. The molecule has 7 nitrogen and oxygen atoms in total. The lowest BCUT2D eigenvalue weighted by Gasteiger charge is -2.44. The Hall–Kier alpha value is -3.43. The number of esters is 1. The fourth-order valence-electron chi connectivity index (χ4n) is 4.76. The third-order valence-corrected chi connectivity index (χ3v) is 7.88. The van der Waals surface area contributed by atoms with Crippen LogP contribution in [-0.4, -0.2) is 23.4 Å². The zero-order chi connectivity index (χ0) is 24.3. The third-order valence-electron chi connectivity index (χ3n) is 6.36. The van der Waals surface area contributed by atoms with Gasteiger partial charge in [-0.05, 0) is 37.3 Å². The minimum absolute atomic E-state index is 0.243. The fraction of sp³-hybridized carbons (Fsp3) is 0.192. The second-order valence-corrected chi connectivity index (χ2v) is 10.5. The molecule has 4 aromatic rings. The molecule has 176 valence electrons. The fourth-order valence-corrected chi connectivity index (χ4v) is 6.10. The van der Waals surface area contributed by atoms with Gasteiger partial charge in [-0.3, -0.25) is 14.2 Å². The van der Waals surface area contributed by atoms with E-state index in [-0.39, 0.29) is 5.56 Å². The first-order chi connectivity index (χ1) is 16.9. The zero-order valence-corrected chi connectivity index (χ0v) is 21.1. The molecule has 0 amide bonds. The summed E-state index contributed by atoms with van der Waals surface area (Å²) in [6, 6.07) is 18.3. The molecule has 2 bridgehead atoms. The van der Waals surface area contributed by atoms with Crippen LogP contribution in [0.1, 0.15) is 24.3 Å². The van der Waals surface area contributed by atoms with Crippen molar-refractivity contribution < 1.29 is 18.7 Å². The molecule has 2 aliphatic heterocycles. The van der Waals surface area contributed by atoms with Crippen molar-refractivity contribution in [3.8, 4) is 17.1 Å². The van der Waals surface area contributed by atoms with Gasteiger partial charge in [-0.25, -0.2) is 4.99 Å². The summed E-state index contributed by atoms with van der Waals surface area (Å²) >= 11 is 4.68. The van der Waals surface area contributed by atoms with Crippen molar-refractivity contribution in [1.29, 1.82) is 0 Å². The molecule has 2 aromatic heterocycles. The van der Waals surface area contributed by atoms with Crippen LogP contribution < -0.4 is 19.6 Å². The highest BCUT2D eigenvalue weighted by Gasteiger charge is 2.55. The smallest absolute Gasteiger partial charge is 0.317 e. The lowest BCUT2D eigenvalue weighted by Crippen LogP contribution is -2.58. The summed E-state index contributed by atoms with van der Waals surface area (Å²) in [7, 11) is 1.33. The highest BCUT2D eigenvalue weighted by atomic mass is 79.9. The van der Waals surface area contributed by atoms with E-state index < -0.39 is 23.7 Å². The number of para-hydroxylation sites is 1. The molecule has 0 aliphatic carbocycles. The Labute approximate surface area is 212 Å². The molecule has 0 fully saturated rings. The van der Waals surface area contributed by atoms with Crippen LogP contribution in [-0.2, 0) is 9.53 Å². The number of ether oxygens (including phenoxy) is 2. The van der Waals surface area contributed by atoms with Gasteiger partial charge in [-0.1, -0.05) is 57.6 Å². The molecule has 3 atom stereocenters. The van der Waals surface area contributed by atoms with Crippen molar-refractivity contribution in [1.82, 2.24) is 4.57 Å². The normalized spacial score (nSPS) is 22.5. The molecule has 0 N–H and O–H groups in total. The first-order valence-corrected chi connectivity index (χ1v) is 12.5. The number of halogens is 1. The minimum atomic E-state index is -1.19. The third kappa shape index (κ3) is 3.49. The van der Waals surface area contributed by atoms with Gasteiger partial charge in [0.2, 0.25) is 5.72 Å². The molecule has 9 heteroatoms. The Morgan fingerprint density at radius 1 is 1.17 bits per heavy atom. The van der Waals surface area contributed by atoms with E-state index in [4.69, 9.17) is 18.9 Å². The van der Waals surface area contributed by atoms with Crippen LogP contribution in [0.3, 0.4) is 0 Å². The van der Waals surface area contributed by atoms with Crippen molar-refractivity contribution in [2.75, 3.05) is 7.11 Å². The predicted molar refractivity (Wildman–Crippen MR) is 134 cm³/mol. The van der Waals surface area contributed by atoms with Crippen LogP contribution in [0, 0.1) is 5.92 Å². The Kier molecular flexibility index (Phi) is 5.08. The second-order valence-electron chi connectivity index (χ2n) is 8.53. The molecular weight excluding hydrogens is 532 g/mol. The molecule has 4 heterocycles. The monoisotopic (exact) mass is 550 g/mol. The number of thiazole rings is 1. The number of hydrogen-bond acceptors (Lipinski definition) is 7. The molecule has 6 rings (SSSR count). The molecule has 0 saturated heterocycles. The minimum Gasteiger partial charge on any atom is -0.469 e. The van der Waals surface area contributed by atoms with Crippen molar-refractivity contribution >= 4 is 39.3 Å². The van der Waals surface area contributed by atoms with E-state index in [1.807, 2.05) is 60.7 Å². The van der Waals surface area contributed by atoms with Gasteiger partial charge < -0.3 is 13.9 Å². The summed E-state index contributed by atoms with van der Waals surface area (Å²) < 4.78 is 20.3. The quantitative estimate of drug-likeness (QED) is 0.361. The molecule has 0 unspecified atom stereocenters. The largest absolute Gasteiger partial charge is 0.469 e. The van der Waals surface area contributed by atoms with Crippen molar-refractivity contribution in [2.45, 2.75) is 18.7 Å². The average Bonchev–Trinajstić information content (AvgIpc) is 3.42. The zero-order valence-electron chi connectivity index (χ0n) is 18.7. The number of carbonyl (C=O) groups is 1. The number of hydrogen-bond donors (Lipinski definition) is 0. The lowest BCUT2D eigenvalue weighted by atomic mass is 9.81. The van der Waals surface area contributed by atoms with Crippen LogP contribution in [0.15, 0.2) is 79.3 Å². The van der Waals surface area contributed by atoms with Crippen LogP contribution in [0.5, 0.6) is 5.75 Å². The summed E-state index contributed by atoms with van der Waals surface area (Å²) in [5.41, 5.74) is 0.244. The number of nitrogens with zero attached hydrogens (tertiary/aromatic N) is 2. The summed E-state index contributed by atoms with van der Waals surface area (Å²) in [5, 5.41) is 0. The molecule has 35 heavy (non-hydrogen) atoms. The molecule has 0 spiro atoms. The topological polar surface area (TPSA) is 83.0 Å². The van der Waals surface area contributed by atoms with Crippen molar-refractivity contribution in [3.63, 3.8) is 0 Å². The SMILES string of the molecule is COC(=O)[C@@H]1[C@H]2c3ccccc3O[C@@]1(C)N=c1sc(=Cc3ccc(-c4ccc(Br)cc4)o3)c(=O)n12. The van der Waals surface area contributed by atoms with Gasteiger partial charge >= 0.3 is 5.97 Å². The van der Waals surface area contributed by atoms with Gasteiger partial charge in [0.25, 0.3) is 5.56 Å². The van der Waals surface area contributed by atoms with E-state index in [2.05, 4.69) is 15.9 Å². The standard InChI is InChI=1S/C26H19BrN2O5S/c1-26-21(24(31)32-2)22(17-5-3-4-6-19(17)34-26)29-23(30)20(35-25(29)28-26)13-16-11-12-18(33-16)14-7-9-15(27)10-8-14/h3-13,21-22H,1-2H3/t21-,22+,26+/m0/s1. The van der Waals surface area contributed by atoms with Gasteiger partial charge in [0.1, 0.15) is 23.2 Å². The number of furan rings is 1. The van der Waals surface area contributed by atoms with Gasteiger partial charge in [0, 0.05) is 21.7 Å². The molecule has 0 radical (unpaired) electrons. The maximum absolute atomic E-state index is 13.6. The number of fused-ring (bicyclic) bond motifs is 6. The highest BCUT2D eigenvalue weighted by Crippen LogP contribution is 2.47. The maximum atomic E-state index is 13.6. The van der Waals surface area contributed by atoms with E-state index in [9.17, 15) is 9.59 Å². The summed E-state index contributed by atoms with van der Waals surface area (Å²) in [5.74, 6) is 0.571. The highest BCUT2D eigenvalue weighted by molar-refractivity contribution is 9.10. The molecular formula is C26H19BrN2O5S. The van der Waals surface area contributed by atoms with Crippen LogP contribution in [0.25, 0.3) is 17.4 Å². The predicted octanol–water partition coefficient (Wildman–Crippen LogP) is 3.88. The summed E-state index contributed by atoms with van der Waals surface area (Å²) in [6.45, 7) is 1.76. The van der Waals surface area contributed by atoms with Crippen LogP contribution in [0.2, 0.25) is 0 Å². The average molecular weight is 551 g/mol. The molecule has 2 aromatic carbocycles. The number of rotatable bonds is 3. The first-order valence-electron chi connectivity index (χ1n) is 10.9.